The number of benzene rings is 2. The number of phenolic OH excluding ortho intramolecular Hbond substituents is 2. The van der Waals surface area contributed by atoms with Gasteiger partial charge in [0.1, 0.15) is 11.4 Å². The first kappa shape index (κ1) is 17.7. The molecule has 2 rings (SSSR count). The van der Waals surface area contributed by atoms with Crippen molar-refractivity contribution in [1.29, 1.82) is 0 Å². The van der Waals surface area contributed by atoms with Crippen LogP contribution < -0.4 is 9.80 Å². The van der Waals surface area contributed by atoms with E-state index < -0.39 is 5.78 Å². The lowest BCUT2D eigenvalue weighted by molar-refractivity contribution is 0.103. The fourth-order valence-corrected chi connectivity index (χ4v) is 2.78. The normalized spacial score (nSPS) is 10.5. The molecule has 0 bridgehead atoms. The van der Waals surface area contributed by atoms with Crippen molar-refractivity contribution in [2.45, 2.75) is 13.8 Å². The second-order valence-corrected chi connectivity index (χ2v) is 5.74. The predicted molar refractivity (Wildman–Crippen MR) is 97.5 cm³/mol. The van der Waals surface area contributed by atoms with Crippen LogP contribution in [0.5, 0.6) is 11.5 Å². The zero-order valence-electron chi connectivity index (χ0n) is 14.6. The van der Waals surface area contributed by atoms with Crippen LogP contribution in [0.25, 0.3) is 0 Å². The molecule has 0 heterocycles. The lowest BCUT2D eigenvalue weighted by atomic mass is 9.99. The Morgan fingerprint density at radius 2 is 1.58 bits per heavy atom. The molecule has 0 fully saturated rings. The molecule has 2 aromatic carbocycles. The average molecular weight is 328 g/mol. The van der Waals surface area contributed by atoms with Crippen molar-refractivity contribution < 1.29 is 15.0 Å². The van der Waals surface area contributed by atoms with Crippen LogP contribution in [-0.2, 0) is 0 Å². The van der Waals surface area contributed by atoms with Crippen LogP contribution in [0.2, 0.25) is 0 Å². The van der Waals surface area contributed by atoms with Gasteiger partial charge in [0.2, 0.25) is 5.78 Å². The molecule has 0 radical (unpaired) electrons. The largest absolute Gasteiger partial charge is 0.507 e. The standard InChI is InChI=1S/C19H24N2O3/c1-5-21(6-2)17-15(20(3)4)12-11-14(19(17)24)18(23)13-9-7-8-10-16(13)22/h7-12,22,24H,5-6H2,1-4H3. The Labute approximate surface area is 142 Å². The molecule has 5 nitrogen and oxygen atoms in total. The van der Waals surface area contributed by atoms with Gasteiger partial charge < -0.3 is 20.0 Å². The van der Waals surface area contributed by atoms with Crippen LogP contribution in [0.4, 0.5) is 11.4 Å². The fraction of sp³-hybridized carbons (Fsp3) is 0.316. The molecule has 0 atom stereocenters. The number of ketones is 1. The molecule has 0 spiro atoms. The first-order chi connectivity index (χ1) is 11.4. The molecule has 0 saturated carbocycles. The summed E-state index contributed by atoms with van der Waals surface area (Å²) < 4.78 is 0. The first-order valence-electron chi connectivity index (χ1n) is 8.03. The Bertz CT molecular complexity index is 737. The van der Waals surface area contributed by atoms with E-state index >= 15 is 0 Å². The van der Waals surface area contributed by atoms with Crippen molar-refractivity contribution >= 4 is 17.2 Å². The third-order valence-electron chi connectivity index (χ3n) is 4.08. The summed E-state index contributed by atoms with van der Waals surface area (Å²) in [5.41, 5.74) is 1.83. The summed E-state index contributed by atoms with van der Waals surface area (Å²) in [6, 6.07) is 9.77. The number of nitrogens with zero attached hydrogens (tertiary/aromatic N) is 2. The third-order valence-corrected chi connectivity index (χ3v) is 4.08. The van der Waals surface area contributed by atoms with Crippen LogP contribution in [-0.4, -0.2) is 43.2 Å². The maximum Gasteiger partial charge on any atom is 0.200 e. The highest BCUT2D eigenvalue weighted by Gasteiger charge is 2.23. The van der Waals surface area contributed by atoms with Gasteiger partial charge in [0, 0.05) is 27.2 Å². The summed E-state index contributed by atoms with van der Waals surface area (Å²) in [5.74, 6) is -0.551. The van der Waals surface area contributed by atoms with Gasteiger partial charge in [-0.2, -0.15) is 0 Å². The van der Waals surface area contributed by atoms with Gasteiger partial charge in [-0.1, -0.05) is 12.1 Å². The van der Waals surface area contributed by atoms with E-state index in [0.717, 1.165) is 5.69 Å². The number of carbonyl (C=O) groups excluding carboxylic acids is 1. The highest BCUT2D eigenvalue weighted by atomic mass is 16.3. The van der Waals surface area contributed by atoms with Gasteiger partial charge in [-0.05, 0) is 38.1 Å². The van der Waals surface area contributed by atoms with Crippen molar-refractivity contribution in [3.05, 3.63) is 47.5 Å². The Morgan fingerprint density at radius 1 is 0.958 bits per heavy atom. The van der Waals surface area contributed by atoms with E-state index in [0.29, 0.717) is 18.8 Å². The van der Waals surface area contributed by atoms with Crippen LogP contribution in [0.3, 0.4) is 0 Å². The lowest BCUT2D eigenvalue weighted by Crippen LogP contribution is -2.25. The monoisotopic (exact) mass is 328 g/mol. The number of phenols is 2. The van der Waals surface area contributed by atoms with E-state index in [1.165, 1.54) is 6.07 Å². The quantitative estimate of drug-likeness (QED) is 0.797. The Balaban J connectivity index is 2.63. The van der Waals surface area contributed by atoms with Gasteiger partial charge >= 0.3 is 0 Å². The number of hydrogen-bond donors (Lipinski definition) is 2. The molecular formula is C19H24N2O3. The van der Waals surface area contributed by atoms with Gasteiger partial charge in [-0.25, -0.2) is 0 Å². The summed E-state index contributed by atoms with van der Waals surface area (Å²) in [6.07, 6.45) is 0. The molecule has 0 aromatic heterocycles. The minimum atomic E-state index is -0.399. The van der Waals surface area contributed by atoms with Gasteiger partial charge in [0.15, 0.2) is 5.75 Å². The summed E-state index contributed by atoms with van der Waals surface area (Å²) in [7, 11) is 3.79. The molecule has 0 aliphatic rings. The van der Waals surface area contributed by atoms with E-state index in [4.69, 9.17) is 0 Å². The molecule has 128 valence electrons. The Kier molecular flexibility index (Phi) is 5.34. The van der Waals surface area contributed by atoms with Crippen LogP contribution in [0.1, 0.15) is 29.8 Å². The Hall–Kier alpha value is -2.69. The van der Waals surface area contributed by atoms with E-state index in [2.05, 4.69) is 0 Å². The fourth-order valence-electron chi connectivity index (χ4n) is 2.78. The number of aromatic hydroxyl groups is 2. The predicted octanol–water partition coefficient (Wildman–Crippen LogP) is 3.24. The van der Waals surface area contributed by atoms with Crippen LogP contribution in [0.15, 0.2) is 36.4 Å². The smallest absolute Gasteiger partial charge is 0.200 e. The lowest BCUT2D eigenvalue weighted by Gasteiger charge is -2.28. The summed E-state index contributed by atoms with van der Waals surface area (Å²) in [4.78, 5) is 16.7. The molecular weight excluding hydrogens is 304 g/mol. The maximum absolute atomic E-state index is 12.8. The molecule has 0 aliphatic carbocycles. The molecule has 0 amide bonds. The van der Waals surface area contributed by atoms with E-state index in [-0.39, 0.29) is 22.6 Å². The number of hydrogen-bond acceptors (Lipinski definition) is 5. The van der Waals surface area contributed by atoms with Gasteiger partial charge in [-0.3, -0.25) is 4.79 Å². The first-order valence-corrected chi connectivity index (χ1v) is 8.03. The van der Waals surface area contributed by atoms with Crippen molar-refractivity contribution in [3.63, 3.8) is 0 Å². The molecule has 0 aliphatic heterocycles. The number of rotatable bonds is 6. The van der Waals surface area contributed by atoms with E-state index in [1.807, 2.05) is 43.8 Å². The van der Waals surface area contributed by atoms with Crippen molar-refractivity contribution in [1.82, 2.24) is 0 Å². The SMILES string of the molecule is CCN(CC)c1c(N(C)C)ccc(C(=O)c2ccccc2O)c1O. The third kappa shape index (κ3) is 3.15. The number of anilines is 2. The highest BCUT2D eigenvalue weighted by molar-refractivity contribution is 6.13. The van der Waals surface area contributed by atoms with Crippen molar-refractivity contribution in [2.75, 3.05) is 37.0 Å². The second-order valence-electron chi connectivity index (χ2n) is 5.74. The molecule has 2 aromatic rings. The van der Waals surface area contributed by atoms with Gasteiger partial charge in [0.05, 0.1) is 16.8 Å². The van der Waals surface area contributed by atoms with Crippen LogP contribution >= 0.6 is 0 Å². The summed E-state index contributed by atoms with van der Waals surface area (Å²) in [5, 5.41) is 20.7. The Morgan fingerprint density at radius 3 is 2.12 bits per heavy atom. The summed E-state index contributed by atoms with van der Waals surface area (Å²) in [6.45, 7) is 5.41. The second kappa shape index (κ2) is 7.25. The van der Waals surface area contributed by atoms with Crippen LogP contribution in [0, 0.1) is 0 Å². The zero-order valence-corrected chi connectivity index (χ0v) is 14.6. The minimum Gasteiger partial charge on any atom is -0.507 e. The van der Waals surface area contributed by atoms with E-state index in [9.17, 15) is 15.0 Å². The van der Waals surface area contributed by atoms with Crippen molar-refractivity contribution in [2.24, 2.45) is 0 Å². The molecule has 5 heteroatoms. The molecule has 24 heavy (non-hydrogen) atoms. The van der Waals surface area contributed by atoms with Crippen molar-refractivity contribution in [3.8, 4) is 11.5 Å². The molecule has 0 unspecified atom stereocenters. The van der Waals surface area contributed by atoms with Gasteiger partial charge in [-0.15, -0.1) is 0 Å². The zero-order chi connectivity index (χ0) is 17.9. The number of para-hydroxylation sites is 1. The maximum atomic E-state index is 12.8. The molecule has 2 N–H and O–H groups in total. The molecule has 0 saturated heterocycles. The summed E-state index contributed by atoms with van der Waals surface area (Å²) >= 11 is 0. The average Bonchev–Trinajstić information content (AvgIpc) is 2.56. The van der Waals surface area contributed by atoms with Gasteiger partial charge in [0.25, 0.3) is 0 Å². The highest BCUT2D eigenvalue weighted by Crippen LogP contribution is 2.40. The topological polar surface area (TPSA) is 64.0 Å². The van der Waals surface area contributed by atoms with E-state index in [1.54, 1.807) is 24.3 Å². The number of carbonyl (C=O) groups is 1. The minimum absolute atomic E-state index is 0.0573.